The van der Waals surface area contributed by atoms with Gasteiger partial charge >= 0.3 is 0 Å². The van der Waals surface area contributed by atoms with Gasteiger partial charge < -0.3 is 10.1 Å². The lowest BCUT2D eigenvalue weighted by molar-refractivity contribution is 0.0688. The number of hydrogen-bond donors (Lipinski definition) is 1. The normalized spacial score (nSPS) is 28.6. The quantitative estimate of drug-likeness (QED) is 0.727. The van der Waals surface area contributed by atoms with Crippen LogP contribution in [0.1, 0.15) is 6.92 Å². The standard InChI is InChI=1S/C9H19N3O3S.ClH/c1-9-8-10-2-3-12(9)16(13,14)11-4-6-15-7-5-11;/h9-10H,2-8H2,1H3;1H. The number of rotatable bonds is 2. The number of nitrogens with one attached hydrogen (secondary N) is 1. The first-order chi connectivity index (χ1) is 7.62. The van der Waals surface area contributed by atoms with Gasteiger partial charge in [-0.1, -0.05) is 0 Å². The first-order valence-electron chi connectivity index (χ1n) is 5.68. The van der Waals surface area contributed by atoms with Crippen molar-refractivity contribution in [2.75, 3.05) is 45.9 Å². The Kier molecular flexibility index (Phi) is 5.62. The molecule has 2 aliphatic rings. The van der Waals surface area contributed by atoms with Gasteiger partial charge in [0.15, 0.2) is 0 Å². The molecule has 0 aliphatic carbocycles. The molecule has 0 aromatic carbocycles. The van der Waals surface area contributed by atoms with E-state index in [1.165, 1.54) is 4.31 Å². The van der Waals surface area contributed by atoms with E-state index in [0.29, 0.717) is 32.8 Å². The number of nitrogens with zero attached hydrogens (tertiary/aromatic N) is 2. The molecular weight excluding hydrogens is 266 g/mol. The molecular formula is C9H20ClN3O3S. The van der Waals surface area contributed by atoms with E-state index in [-0.39, 0.29) is 18.4 Å². The highest BCUT2D eigenvalue weighted by molar-refractivity contribution is 7.86. The SMILES string of the molecule is CC1CNCCN1S(=O)(=O)N1CCOCC1.Cl. The van der Waals surface area contributed by atoms with Crippen LogP contribution in [0.5, 0.6) is 0 Å². The van der Waals surface area contributed by atoms with Crippen LogP contribution in [-0.4, -0.2) is 69.0 Å². The Morgan fingerprint density at radius 3 is 2.47 bits per heavy atom. The van der Waals surface area contributed by atoms with Crippen LogP contribution < -0.4 is 5.32 Å². The minimum absolute atomic E-state index is 0. The van der Waals surface area contributed by atoms with E-state index in [0.717, 1.165) is 13.1 Å². The van der Waals surface area contributed by atoms with E-state index in [1.54, 1.807) is 4.31 Å². The van der Waals surface area contributed by atoms with Gasteiger partial charge in [-0.3, -0.25) is 0 Å². The average Bonchev–Trinajstić information content (AvgIpc) is 2.30. The van der Waals surface area contributed by atoms with Crippen LogP contribution in [0.25, 0.3) is 0 Å². The highest BCUT2D eigenvalue weighted by Crippen LogP contribution is 2.15. The summed E-state index contributed by atoms with van der Waals surface area (Å²) >= 11 is 0. The van der Waals surface area contributed by atoms with Crippen LogP contribution in [0.3, 0.4) is 0 Å². The lowest BCUT2D eigenvalue weighted by Gasteiger charge is -2.37. The number of ether oxygens (including phenoxy) is 1. The monoisotopic (exact) mass is 285 g/mol. The molecule has 1 unspecified atom stereocenters. The van der Waals surface area contributed by atoms with Crippen LogP contribution in [-0.2, 0) is 14.9 Å². The highest BCUT2D eigenvalue weighted by atomic mass is 35.5. The summed E-state index contributed by atoms with van der Waals surface area (Å²) in [6.45, 7) is 5.89. The summed E-state index contributed by atoms with van der Waals surface area (Å²) in [6.07, 6.45) is 0. The van der Waals surface area contributed by atoms with Crippen molar-refractivity contribution in [1.82, 2.24) is 13.9 Å². The first kappa shape index (κ1) is 15.1. The number of morpholine rings is 1. The maximum atomic E-state index is 12.3. The maximum Gasteiger partial charge on any atom is 0.282 e. The Balaban J connectivity index is 0.00000144. The van der Waals surface area contributed by atoms with Gasteiger partial charge in [-0.15, -0.1) is 12.4 Å². The van der Waals surface area contributed by atoms with Gasteiger partial charge in [0.05, 0.1) is 13.2 Å². The number of halogens is 1. The Morgan fingerprint density at radius 1 is 1.24 bits per heavy atom. The van der Waals surface area contributed by atoms with Crippen LogP contribution in [0.4, 0.5) is 0 Å². The van der Waals surface area contributed by atoms with Crippen molar-refractivity contribution in [2.45, 2.75) is 13.0 Å². The zero-order chi connectivity index (χ0) is 11.6. The molecule has 1 atom stereocenters. The molecule has 2 fully saturated rings. The molecule has 0 amide bonds. The second-order valence-electron chi connectivity index (χ2n) is 4.18. The summed E-state index contributed by atoms with van der Waals surface area (Å²) in [5, 5.41) is 3.19. The molecule has 2 saturated heterocycles. The molecule has 8 heteroatoms. The minimum atomic E-state index is -3.29. The van der Waals surface area contributed by atoms with Crippen molar-refractivity contribution in [1.29, 1.82) is 0 Å². The zero-order valence-corrected chi connectivity index (χ0v) is 11.6. The van der Waals surface area contributed by atoms with Gasteiger partial charge in [-0.2, -0.15) is 17.0 Å². The van der Waals surface area contributed by atoms with E-state index in [1.807, 2.05) is 6.92 Å². The van der Waals surface area contributed by atoms with Crippen molar-refractivity contribution in [3.8, 4) is 0 Å². The molecule has 0 saturated carbocycles. The van der Waals surface area contributed by atoms with Gasteiger partial charge in [-0.05, 0) is 6.92 Å². The third-order valence-electron chi connectivity index (χ3n) is 3.03. The fourth-order valence-electron chi connectivity index (χ4n) is 2.09. The van der Waals surface area contributed by atoms with Crippen molar-refractivity contribution >= 4 is 22.6 Å². The summed E-state index contributed by atoms with van der Waals surface area (Å²) < 4.78 is 32.9. The Labute approximate surface area is 109 Å². The first-order valence-corrected chi connectivity index (χ1v) is 7.07. The molecule has 0 aromatic heterocycles. The van der Waals surface area contributed by atoms with Gasteiger partial charge in [0.2, 0.25) is 0 Å². The molecule has 2 rings (SSSR count). The summed E-state index contributed by atoms with van der Waals surface area (Å²) in [5.74, 6) is 0. The lowest BCUT2D eigenvalue weighted by Crippen LogP contribution is -2.57. The lowest BCUT2D eigenvalue weighted by atomic mass is 10.3. The van der Waals surface area contributed by atoms with Gasteiger partial charge in [0.25, 0.3) is 10.2 Å². The van der Waals surface area contributed by atoms with E-state index in [2.05, 4.69) is 5.32 Å². The van der Waals surface area contributed by atoms with E-state index >= 15 is 0 Å². The van der Waals surface area contributed by atoms with Gasteiger partial charge in [0.1, 0.15) is 0 Å². The molecule has 6 nitrogen and oxygen atoms in total. The van der Waals surface area contributed by atoms with Crippen LogP contribution in [0.2, 0.25) is 0 Å². The number of hydrogen-bond acceptors (Lipinski definition) is 4. The minimum Gasteiger partial charge on any atom is -0.379 e. The smallest absolute Gasteiger partial charge is 0.282 e. The second kappa shape index (κ2) is 6.31. The van der Waals surface area contributed by atoms with Gasteiger partial charge in [-0.25, -0.2) is 0 Å². The molecule has 0 bridgehead atoms. The molecule has 2 heterocycles. The van der Waals surface area contributed by atoms with E-state index < -0.39 is 10.2 Å². The fourth-order valence-corrected chi connectivity index (χ4v) is 3.85. The fraction of sp³-hybridized carbons (Fsp3) is 1.00. The summed E-state index contributed by atoms with van der Waals surface area (Å²) in [5.41, 5.74) is 0. The Bertz CT molecular complexity index is 332. The molecule has 1 N–H and O–H groups in total. The molecule has 0 spiro atoms. The summed E-state index contributed by atoms with van der Waals surface area (Å²) in [4.78, 5) is 0. The van der Waals surface area contributed by atoms with E-state index in [9.17, 15) is 8.42 Å². The predicted molar refractivity (Wildman–Crippen MR) is 67.6 cm³/mol. The van der Waals surface area contributed by atoms with E-state index in [4.69, 9.17) is 4.74 Å². The largest absolute Gasteiger partial charge is 0.379 e. The molecule has 17 heavy (non-hydrogen) atoms. The van der Waals surface area contributed by atoms with Crippen molar-refractivity contribution in [2.24, 2.45) is 0 Å². The van der Waals surface area contributed by atoms with Crippen LogP contribution in [0, 0.1) is 0 Å². The number of piperazine rings is 1. The molecule has 0 aromatic rings. The van der Waals surface area contributed by atoms with Crippen molar-refractivity contribution in [3.05, 3.63) is 0 Å². The van der Waals surface area contributed by atoms with Crippen molar-refractivity contribution < 1.29 is 13.2 Å². The molecule has 0 radical (unpaired) electrons. The van der Waals surface area contributed by atoms with Crippen LogP contribution >= 0.6 is 12.4 Å². The van der Waals surface area contributed by atoms with Crippen molar-refractivity contribution in [3.63, 3.8) is 0 Å². The Hall–Kier alpha value is 0.0800. The third kappa shape index (κ3) is 3.30. The zero-order valence-electron chi connectivity index (χ0n) is 9.96. The van der Waals surface area contributed by atoms with Crippen LogP contribution in [0.15, 0.2) is 0 Å². The topological polar surface area (TPSA) is 61.9 Å². The summed E-state index contributed by atoms with van der Waals surface area (Å²) in [7, 11) is -3.29. The summed E-state index contributed by atoms with van der Waals surface area (Å²) in [6, 6.07) is 0.0293. The highest BCUT2D eigenvalue weighted by Gasteiger charge is 2.35. The Morgan fingerprint density at radius 2 is 1.88 bits per heavy atom. The molecule has 102 valence electrons. The third-order valence-corrected chi connectivity index (χ3v) is 5.19. The average molecular weight is 286 g/mol. The second-order valence-corrected chi connectivity index (χ2v) is 6.06. The molecule has 2 aliphatic heterocycles. The maximum absolute atomic E-state index is 12.3. The predicted octanol–water partition coefficient (Wildman–Crippen LogP) is -0.721. The van der Waals surface area contributed by atoms with Gasteiger partial charge in [0, 0.05) is 38.8 Å².